The average Bonchev–Trinajstić information content (AvgIpc) is 2.41. The Labute approximate surface area is 128 Å². The number of carbonyl (C=O) groups excluding carboxylic acids is 1. The normalized spacial score (nSPS) is 26.4. The van der Waals surface area contributed by atoms with E-state index in [1.165, 1.54) is 17.5 Å². The Balaban J connectivity index is 2.38. The summed E-state index contributed by atoms with van der Waals surface area (Å²) in [6.45, 7) is 10.1. The molecule has 0 heterocycles. The highest BCUT2D eigenvalue weighted by Crippen LogP contribution is 2.39. The zero-order valence-electron chi connectivity index (χ0n) is 14.0. The van der Waals surface area contributed by atoms with Crippen molar-refractivity contribution in [2.75, 3.05) is 0 Å². The number of esters is 1. The van der Waals surface area contributed by atoms with E-state index in [0.29, 0.717) is 5.92 Å². The first kappa shape index (κ1) is 16.1. The van der Waals surface area contributed by atoms with Crippen molar-refractivity contribution in [3.05, 3.63) is 35.4 Å². The van der Waals surface area contributed by atoms with Crippen LogP contribution in [0.3, 0.4) is 0 Å². The van der Waals surface area contributed by atoms with Gasteiger partial charge in [0.2, 0.25) is 0 Å². The molecule has 0 radical (unpaired) electrons. The Kier molecular flexibility index (Phi) is 4.46. The molecule has 1 aromatic carbocycles. The fraction of sp³-hybridized carbons (Fsp3) is 0.632. The topological polar surface area (TPSA) is 26.3 Å². The lowest BCUT2D eigenvalue weighted by Crippen LogP contribution is -2.36. The molecule has 2 nitrogen and oxygen atoms in total. The lowest BCUT2D eigenvalue weighted by atomic mass is 9.79. The predicted octanol–water partition coefficient (Wildman–Crippen LogP) is 4.85. The van der Waals surface area contributed by atoms with Crippen molar-refractivity contribution in [2.24, 2.45) is 11.3 Å². The standard InChI is InChI=1S/C19H28O2/c1-14-10-11-15-8-6-7-9-16(15)19(5,13-12-14)21-17(20)18(2,3)4/h6-9,14H,10-13H2,1-5H3. The Morgan fingerprint density at radius 1 is 1.24 bits per heavy atom. The first-order valence-corrected chi connectivity index (χ1v) is 8.04. The van der Waals surface area contributed by atoms with E-state index in [2.05, 4.69) is 32.0 Å². The van der Waals surface area contributed by atoms with Crippen molar-refractivity contribution in [3.63, 3.8) is 0 Å². The van der Waals surface area contributed by atoms with Crippen LogP contribution in [0.15, 0.2) is 24.3 Å². The van der Waals surface area contributed by atoms with Gasteiger partial charge >= 0.3 is 5.97 Å². The summed E-state index contributed by atoms with van der Waals surface area (Å²) in [6, 6.07) is 8.43. The second kappa shape index (κ2) is 5.82. The van der Waals surface area contributed by atoms with Gasteiger partial charge in [-0.3, -0.25) is 4.79 Å². The third-order valence-corrected chi connectivity index (χ3v) is 4.54. The van der Waals surface area contributed by atoms with Gasteiger partial charge in [-0.15, -0.1) is 0 Å². The molecule has 0 aliphatic heterocycles. The minimum atomic E-state index is -0.504. The van der Waals surface area contributed by atoms with Crippen LogP contribution in [0.2, 0.25) is 0 Å². The molecule has 0 N–H and O–H groups in total. The second-order valence-corrected chi connectivity index (χ2v) is 7.71. The van der Waals surface area contributed by atoms with Gasteiger partial charge in [0, 0.05) is 0 Å². The largest absolute Gasteiger partial charge is 0.454 e. The number of carbonyl (C=O) groups is 1. The number of aryl methyl sites for hydroxylation is 1. The molecule has 0 bridgehead atoms. The molecule has 2 atom stereocenters. The molecule has 0 fully saturated rings. The number of fused-ring (bicyclic) bond motifs is 1. The molecule has 116 valence electrons. The van der Waals surface area contributed by atoms with Crippen molar-refractivity contribution in [2.45, 2.75) is 65.9 Å². The summed E-state index contributed by atoms with van der Waals surface area (Å²) in [5.74, 6) is 0.555. The minimum Gasteiger partial charge on any atom is -0.454 e. The Hall–Kier alpha value is -1.31. The summed E-state index contributed by atoms with van der Waals surface area (Å²) < 4.78 is 6.01. The summed E-state index contributed by atoms with van der Waals surface area (Å²) in [4.78, 5) is 12.4. The van der Waals surface area contributed by atoms with E-state index in [1.54, 1.807) is 0 Å². The maximum Gasteiger partial charge on any atom is 0.312 e. The molecule has 0 amide bonds. The third-order valence-electron chi connectivity index (χ3n) is 4.54. The van der Waals surface area contributed by atoms with E-state index < -0.39 is 11.0 Å². The number of hydrogen-bond acceptors (Lipinski definition) is 2. The highest BCUT2D eigenvalue weighted by atomic mass is 16.6. The molecule has 2 unspecified atom stereocenters. The van der Waals surface area contributed by atoms with E-state index in [9.17, 15) is 4.79 Å². The van der Waals surface area contributed by atoms with Crippen LogP contribution in [-0.4, -0.2) is 5.97 Å². The van der Waals surface area contributed by atoms with Crippen LogP contribution in [-0.2, 0) is 21.6 Å². The van der Waals surface area contributed by atoms with Gasteiger partial charge in [-0.2, -0.15) is 0 Å². The molecule has 21 heavy (non-hydrogen) atoms. The van der Waals surface area contributed by atoms with Gasteiger partial charge in [0.15, 0.2) is 0 Å². The average molecular weight is 288 g/mol. The molecule has 1 aromatic rings. The fourth-order valence-electron chi connectivity index (χ4n) is 2.92. The van der Waals surface area contributed by atoms with Crippen LogP contribution in [0.5, 0.6) is 0 Å². The molecule has 0 saturated carbocycles. The highest BCUT2D eigenvalue weighted by molar-refractivity contribution is 5.76. The highest BCUT2D eigenvalue weighted by Gasteiger charge is 2.37. The zero-order chi connectivity index (χ0) is 15.7. The van der Waals surface area contributed by atoms with E-state index in [4.69, 9.17) is 4.74 Å². The van der Waals surface area contributed by atoms with Gasteiger partial charge < -0.3 is 4.74 Å². The third kappa shape index (κ3) is 3.66. The van der Waals surface area contributed by atoms with Crippen molar-refractivity contribution in [1.29, 1.82) is 0 Å². The van der Waals surface area contributed by atoms with Crippen LogP contribution < -0.4 is 0 Å². The first-order chi connectivity index (χ1) is 9.72. The zero-order valence-corrected chi connectivity index (χ0v) is 14.0. The summed E-state index contributed by atoms with van der Waals surface area (Å²) in [6.07, 6.45) is 4.27. The van der Waals surface area contributed by atoms with Crippen molar-refractivity contribution in [3.8, 4) is 0 Å². The van der Waals surface area contributed by atoms with Crippen LogP contribution in [0.1, 0.15) is 65.0 Å². The van der Waals surface area contributed by atoms with Gasteiger partial charge in [-0.1, -0.05) is 31.2 Å². The van der Waals surface area contributed by atoms with Crippen molar-refractivity contribution >= 4 is 5.97 Å². The Morgan fingerprint density at radius 3 is 2.57 bits per heavy atom. The molecular weight excluding hydrogens is 260 g/mol. The molecule has 2 rings (SSSR count). The van der Waals surface area contributed by atoms with Gasteiger partial charge in [0.05, 0.1) is 5.41 Å². The van der Waals surface area contributed by atoms with E-state index >= 15 is 0 Å². The first-order valence-electron chi connectivity index (χ1n) is 8.04. The van der Waals surface area contributed by atoms with Crippen LogP contribution >= 0.6 is 0 Å². The summed E-state index contributed by atoms with van der Waals surface area (Å²) in [7, 11) is 0. The summed E-state index contributed by atoms with van der Waals surface area (Å²) >= 11 is 0. The summed E-state index contributed by atoms with van der Waals surface area (Å²) in [5.41, 5.74) is 1.55. The van der Waals surface area contributed by atoms with Gasteiger partial charge in [0.1, 0.15) is 5.60 Å². The lowest BCUT2D eigenvalue weighted by molar-refractivity contribution is -0.170. The van der Waals surface area contributed by atoms with E-state index in [1.807, 2.05) is 26.8 Å². The molecule has 0 spiro atoms. The SMILES string of the molecule is CC1CCc2ccccc2C(C)(OC(=O)C(C)(C)C)CC1. The molecular formula is C19H28O2. The molecule has 2 heteroatoms. The Morgan fingerprint density at radius 2 is 1.90 bits per heavy atom. The number of hydrogen-bond donors (Lipinski definition) is 0. The summed E-state index contributed by atoms with van der Waals surface area (Å²) in [5, 5.41) is 0. The fourth-order valence-corrected chi connectivity index (χ4v) is 2.92. The van der Waals surface area contributed by atoms with Gasteiger partial charge in [0.25, 0.3) is 0 Å². The van der Waals surface area contributed by atoms with Crippen molar-refractivity contribution in [1.82, 2.24) is 0 Å². The molecule has 1 aliphatic rings. The molecule has 1 aliphatic carbocycles. The van der Waals surface area contributed by atoms with E-state index in [-0.39, 0.29) is 5.97 Å². The number of ether oxygens (including phenoxy) is 1. The van der Waals surface area contributed by atoms with Crippen LogP contribution in [0, 0.1) is 11.3 Å². The lowest BCUT2D eigenvalue weighted by Gasteiger charge is -2.36. The Bertz CT molecular complexity index is 513. The number of rotatable bonds is 1. The van der Waals surface area contributed by atoms with E-state index in [0.717, 1.165) is 19.3 Å². The quantitative estimate of drug-likeness (QED) is 0.690. The van der Waals surface area contributed by atoms with Crippen molar-refractivity contribution < 1.29 is 9.53 Å². The number of benzene rings is 1. The maximum atomic E-state index is 12.4. The van der Waals surface area contributed by atoms with Crippen LogP contribution in [0.25, 0.3) is 0 Å². The van der Waals surface area contributed by atoms with Gasteiger partial charge in [-0.25, -0.2) is 0 Å². The van der Waals surface area contributed by atoms with Gasteiger partial charge in [-0.05, 0) is 70.4 Å². The van der Waals surface area contributed by atoms with Crippen LogP contribution in [0.4, 0.5) is 0 Å². The molecule has 0 aromatic heterocycles. The second-order valence-electron chi connectivity index (χ2n) is 7.71. The minimum absolute atomic E-state index is 0.118. The maximum absolute atomic E-state index is 12.4. The molecule has 0 saturated heterocycles. The monoisotopic (exact) mass is 288 g/mol. The smallest absolute Gasteiger partial charge is 0.312 e. The predicted molar refractivity (Wildman–Crippen MR) is 86.1 cm³/mol.